The van der Waals surface area contributed by atoms with Crippen molar-refractivity contribution < 1.29 is 17.9 Å². The third-order valence-electron chi connectivity index (χ3n) is 4.96. The average Bonchev–Trinajstić information content (AvgIpc) is 2.80. The summed E-state index contributed by atoms with van der Waals surface area (Å²) in [6.07, 6.45) is -2.64. The van der Waals surface area contributed by atoms with Crippen LogP contribution in [0, 0.1) is 18.3 Å². The van der Waals surface area contributed by atoms with Gasteiger partial charge in [-0.25, -0.2) is 4.98 Å². The largest absolute Gasteiger partial charge is 0.494 e. The molecule has 0 saturated heterocycles. The molecule has 0 aliphatic rings. The molecule has 3 N–H and O–H groups in total. The van der Waals surface area contributed by atoms with Crippen LogP contribution in [-0.4, -0.2) is 11.6 Å². The summed E-state index contributed by atoms with van der Waals surface area (Å²) in [4.78, 5) is 4.21. The lowest BCUT2D eigenvalue weighted by Gasteiger charge is -2.13. The fourth-order valence-corrected chi connectivity index (χ4v) is 3.46. The molecule has 182 valence electrons. The molecular weight excluding hydrogens is 525 g/mol. The molecule has 0 aliphatic heterocycles. The number of hydrogen-bond donors (Lipinski definition) is 2. The predicted octanol–water partition coefficient (Wildman–Crippen LogP) is 7.96. The summed E-state index contributed by atoms with van der Waals surface area (Å²) in [6, 6.07) is 12.7. The number of alkyl halides is 3. The number of nitrogens with one attached hydrogen (secondary N) is 1. The number of halogens is 4. The molecule has 2 aromatic carbocycles. The summed E-state index contributed by atoms with van der Waals surface area (Å²) >= 11 is 3.03. The number of nitrogens with zero attached hydrogens (tertiary/aromatic N) is 4. The summed E-state index contributed by atoms with van der Waals surface area (Å²) < 4.78 is 46.0. The van der Waals surface area contributed by atoms with E-state index in [2.05, 4.69) is 43.4 Å². The molecule has 0 radical (unpaired) electrons. The molecule has 0 amide bonds. The van der Waals surface area contributed by atoms with E-state index < -0.39 is 11.7 Å². The van der Waals surface area contributed by atoms with Gasteiger partial charge in [-0.2, -0.15) is 18.4 Å². The lowest BCUT2D eigenvalue weighted by atomic mass is 10.1. The minimum atomic E-state index is -4.63. The zero-order valence-corrected chi connectivity index (χ0v) is 20.5. The standard InChI is InChI=1S/C24H22BrF3N6O/c1-3-4-11-35-17-8-6-16(7-9-17)31-23-18(13-29)14(2)21(22(30)32-23)34-33-20-10-5-15(25)12-19(20)24(26,27)28/h5-10,12H,3-4,11H2,1-2H3,(H3,30,31,32). The van der Waals surface area contributed by atoms with Crippen LogP contribution in [0.4, 0.5) is 41.9 Å². The molecule has 0 spiro atoms. The minimum Gasteiger partial charge on any atom is -0.494 e. The van der Waals surface area contributed by atoms with Crippen LogP contribution < -0.4 is 15.8 Å². The van der Waals surface area contributed by atoms with Gasteiger partial charge in [0, 0.05) is 15.7 Å². The Labute approximate surface area is 209 Å². The number of anilines is 3. The zero-order valence-electron chi connectivity index (χ0n) is 18.9. The third-order valence-corrected chi connectivity index (χ3v) is 5.45. The number of azo groups is 1. The van der Waals surface area contributed by atoms with Gasteiger partial charge in [0.1, 0.15) is 17.5 Å². The van der Waals surface area contributed by atoms with Crippen LogP contribution in [-0.2, 0) is 6.18 Å². The molecule has 11 heteroatoms. The van der Waals surface area contributed by atoms with E-state index in [0.29, 0.717) is 17.9 Å². The quantitative estimate of drug-likeness (QED) is 0.220. The van der Waals surface area contributed by atoms with Crippen molar-refractivity contribution in [3.63, 3.8) is 0 Å². The number of benzene rings is 2. The van der Waals surface area contributed by atoms with Gasteiger partial charge in [-0.1, -0.05) is 29.3 Å². The molecule has 1 aromatic heterocycles. The van der Waals surface area contributed by atoms with E-state index in [1.54, 1.807) is 31.2 Å². The second kappa shape index (κ2) is 11.2. The molecule has 0 saturated carbocycles. The second-order valence-electron chi connectivity index (χ2n) is 7.52. The van der Waals surface area contributed by atoms with Crippen LogP contribution in [0.25, 0.3) is 0 Å². The Kier molecular flexibility index (Phi) is 8.30. The van der Waals surface area contributed by atoms with E-state index >= 15 is 0 Å². The van der Waals surface area contributed by atoms with Gasteiger partial charge in [-0.05, 0) is 55.8 Å². The van der Waals surface area contributed by atoms with Crippen molar-refractivity contribution in [1.82, 2.24) is 4.98 Å². The summed E-state index contributed by atoms with van der Waals surface area (Å²) in [5, 5.41) is 20.4. The van der Waals surface area contributed by atoms with E-state index in [-0.39, 0.29) is 33.0 Å². The molecular formula is C24H22BrF3N6O. The normalized spacial score (nSPS) is 11.5. The van der Waals surface area contributed by atoms with Crippen LogP contribution in [0.3, 0.4) is 0 Å². The smallest absolute Gasteiger partial charge is 0.418 e. The average molecular weight is 547 g/mol. The lowest BCUT2D eigenvalue weighted by molar-refractivity contribution is -0.137. The van der Waals surface area contributed by atoms with Crippen LogP contribution in [0.15, 0.2) is 57.2 Å². The number of aromatic nitrogens is 1. The first-order valence-electron chi connectivity index (χ1n) is 10.6. The number of nitriles is 1. The summed E-state index contributed by atoms with van der Waals surface area (Å²) in [5.41, 5.74) is 5.83. The fourth-order valence-electron chi connectivity index (χ4n) is 3.10. The van der Waals surface area contributed by atoms with E-state index in [1.165, 1.54) is 12.1 Å². The zero-order chi connectivity index (χ0) is 25.6. The van der Waals surface area contributed by atoms with Crippen LogP contribution in [0.1, 0.15) is 36.5 Å². The Morgan fingerprint density at radius 2 is 1.89 bits per heavy atom. The summed E-state index contributed by atoms with van der Waals surface area (Å²) in [5.74, 6) is 0.828. The monoisotopic (exact) mass is 546 g/mol. The van der Waals surface area contributed by atoms with Gasteiger partial charge >= 0.3 is 6.18 Å². The molecule has 3 rings (SSSR count). The topological polar surface area (TPSA) is 109 Å². The van der Waals surface area contributed by atoms with Gasteiger partial charge in [-0.3, -0.25) is 0 Å². The van der Waals surface area contributed by atoms with Crippen LogP contribution in [0.5, 0.6) is 5.75 Å². The Bertz CT molecular complexity index is 1270. The van der Waals surface area contributed by atoms with E-state index in [0.717, 1.165) is 24.7 Å². The number of ether oxygens (including phenoxy) is 1. The number of nitrogens with two attached hydrogens (primary N) is 1. The third kappa shape index (κ3) is 6.48. The van der Waals surface area contributed by atoms with Crippen molar-refractivity contribution in [1.29, 1.82) is 5.26 Å². The molecule has 35 heavy (non-hydrogen) atoms. The second-order valence-corrected chi connectivity index (χ2v) is 8.43. The molecule has 0 fully saturated rings. The van der Waals surface area contributed by atoms with Crippen molar-refractivity contribution in [3.05, 3.63) is 63.6 Å². The number of nitrogen functional groups attached to an aromatic ring is 1. The van der Waals surface area contributed by atoms with Gasteiger partial charge in [0.25, 0.3) is 0 Å². The first kappa shape index (κ1) is 26.0. The molecule has 3 aromatic rings. The lowest BCUT2D eigenvalue weighted by Crippen LogP contribution is -2.05. The van der Waals surface area contributed by atoms with E-state index in [4.69, 9.17) is 10.5 Å². The highest BCUT2D eigenvalue weighted by Gasteiger charge is 2.34. The highest BCUT2D eigenvalue weighted by molar-refractivity contribution is 9.10. The van der Waals surface area contributed by atoms with Crippen molar-refractivity contribution in [2.45, 2.75) is 32.9 Å². The van der Waals surface area contributed by atoms with E-state index in [9.17, 15) is 18.4 Å². The molecule has 0 aliphatic carbocycles. The highest BCUT2D eigenvalue weighted by Crippen LogP contribution is 2.40. The summed E-state index contributed by atoms with van der Waals surface area (Å²) in [6.45, 7) is 4.28. The van der Waals surface area contributed by atoms with Crippen molar-refractivity contribution in [2.75, 3.05) is 17.7 Å². The molecule has 1 heterocycles. The molecule has 0 atom stereocenters. The molecule has 0 unspecified atom stereocenters. The van der Waals surface area contributed by atoms with Gasteiger partial charge in [0.15, 0.2) is 11.6 Å². The van der Waals surface area contributed by atoms with Crippen molar-refractivity contribution in [2.24, 2.45) is 10.2 Å². The number of pyridine rings is 1. The Morgan fingerprint density at radius 3 is 2.51 bits per heavy atom. The summed E-state index contributed by atoms with van der Waals surface area (Å²) in [7, 11) is 0. The van der Waals surface area contributed by atoms with Gasteiger partial charge in [-0.15, -0.1) is 10.2 Å². The maximum Gasteiger partial charge on any atom is 0.418 e. The Balaban J connectivity index is 1.89. The van der Waals surface area contributed by atoms with Crippen LogP contribution in [0.2, 0.25) is 0 Å². The number of unbranched alkanes of at least 4 members (excludes halogenated alkanes) is 1. The SMILES string of the molecule is CCCCOc1ccc(Nc2nc(N)c(N=Nc3ccc(Br)cc3C(F)(F)F)c(C)c2C#N)cc1. The fraction of sp³-hybridized carbons (Fsp3) is 0.250. The molecule has 0 bridgehead atoms. The predicted molar refractivity (Wildman–Crippen MR) is 132 cm³/mol. The highest BCUT2D eigenvalue weighted by atomic mass is 79.9. The Morgan fingerprint density at radius 1 is 1.17 bits per heavy atom. The van der Waals surface area contributed by atoms with Gasteiger partial charge < -0.3 is 15.8 Å². The number of rotatable bonds is 8. The first-order valence-corrected chi connectivity index (χ1v) is 11.4. The van der Waals surface area contributed by atoms with Crippen molar-refractivity contribution >= 4 is 44.6 Å². The molecule has 7 nitrogen and oxygen atoms in total. The van der Waals surface area contributed by atoms with Gasteiger partial charge in [0.2, 0.25) is 0 Å². The maximum atomic E-state index is 13.4. The van der Waals surface area contributed by atoms with Crippen LogP contribution >= 0.6 is 15.9 Å². The number of hydrogen-bond acceptors (Lipinski definition) is 7. The van der Waals surface area contributed by atoms with E-state index in [1.807, 2.05) is 6.07 Å². The van der Waals surface area contributed by atoms with Crippen molar-refractivity contribution in [3.8, 4) is 11.8 Å². The first-order chi connectivity index (χ1) is 16.6. The minimum absolute atomic E-state index is 0.0165. The maximum absolute atomic E-state index is 13.4. The Hall–Kier alpha value is -3.65. The van der Waals surface area contributed by atoms with Gasteiger partial charge in [0.05, 0.1) is 23.4 Å².